The van der Waals surface area contributed by atoms with Crippen LogP contribution in [0.5, 0.6) is 0 Å². The van der Waals surface area contributed by atoms with Gasteiger partial charge in [0.1, 0.15) is 12.4 Å². The van der Waals surface area contributed by atoms with Crippen LogP contribution < -0.4 is 5.09 Å². The fourth-order valence-corrected chi connectivity index (χ4v) is 2.55. The smallest absolute Gasteiger partial charge is 0.370 e. The van der Waals surface area contributed by atoms with Crippen molar-refractivity contribution in [3.63, 3.8) is 0 Å². The van der Waals surface area contributed by atoms with Gasteiger partial charge in [-0.2, -0.15) is 9.42 Å². The van der Waals surface area contributed by atoms with Crippen LogP contribution in [0.2, 0.25) is 0 Å². The summed E-state index contributed by atoms with van der Waals surface area (Å²) in [5, 5.41) is 11.5. The molecule has 0 amide bonds. The molecule has 0 aromatic carbocycles. The van der Waals surface area contributed by atoms with Crippen LogP contribution in [0.1, 0.15) is 34.1 Å². The Morgan fingerprint density at radius 2 is 1.76 bits per heavy atom. The van der Waals surface area contributed by atoms with E-state index in [1.165, 1.54) is 5.82 Å². The molecule has 0 rings (SSSR count). The summed E-state index contributed by atoms with van der Waals surface area (Å²) in [4.78, 5) is 20.7. The Balaban J connectivity index is 4.25. The highest BCUT2D eigenvalue weighted by molar-refractivity contribution is 7.66. The zero-order valence-corrected chi connectivity index (χ0v) is 14.6. The molecule has 0 aromatic rings. The third kappa shape index (κ3) is 9.17. The minimum Gasteiger partial charge on any atom is -0.481 e. The van der Waals surface area contributed by atoms with E-state index in [4.69, 9.17) is 14.4 Å². The average molecular weight is 322 g/mol. The van der Waals surface area contributed by atoms with Crippen LogP contribution >= 0.6 is 7.87 Å². The van der Waals surface area contributed by atoms with Gasteiger partial charge in [-0.1, -0.05) is 34.3 Å². The van der Waals surface area contributed by atoms with Crippen molar-refractivity contribution >= 4 is 13.8 Å². The molecule has 124 valence electrons. The van der Waals surface area contributed by atoms with Gasteiger partial charge in [0, 0.05) is 12.5 Å². The van der Waals surface area contributed by atoms with Gasteiger partial charge in [0.2, 0.25) is 0 Å². The first-order valence-corrected chi connectivity index (χ1v) is 8.56. The summed E-state index contributed by atoms with van der Waals surface area (Å²) in [7, 11) is -1.11. The van der Waals surface area contributed by atoms with Crippen molar-refractivity contribution in [3.8, 4) is 0 Å². The van der Waals surface area contributed by atoms with Gasteiger partial charge >= 0.3 is 13.8 Å². The molecule has 0 saturated carbocycles. The summed E-state index contributed by atoms with van der Waals surface area (Å²) in [6, 6.07) is 0. The predicted octanol–water partition coefficient (Wildman–Crippen LogP) is 2.66. The van der Waals surface area contributed by atoms with Crippen molar-refractivity contribution in [2.24, 2.45) is 10.8 Å². The number of carboxylic acid groups (broad SMARTS) is 1. The lowest BCUT2D eigenvalue weighted by molar-refractivity contribution is -0.140. The van der Waals surface area contributed by atoms with Gasteiger partial charge in [0.15, 0.2) is 0 Å². The molecular formula is C14H29NO5P+. The van der Waals surface area contributed by atoms with E-state index in [9.17, 15) is 9.69 Å². The maximum Gasteiger partial charge on any atom is 0.370 e. The van der Waals surface area contributed by atoms with Crippen LogP contribution in [0.3, 0.4) is 0 Å². The van der Waals surface area contributed by atoms with E-state index >= 15 is 0 Å². The highest BCUT2D eigenvalue weighted by atomic mass is 31.2. The quantitative estimate of drug-likeness (QED) is 0.507. The van der Waals surface area contributed by atoms with Crippen LogP contribution in [0.4, 0.5) is 0 Å². The zero-order valence-electron chi connectivity index (χ0n) is 13.7. The van der Waals surface area contributed by atoms with Crippen molar-refractivity contribution in [1.29, 1.82) is 0 Å². The van der Waals surface area contributed by atoms with Crippen LogP contribution in [0, 0.1) is 10.8 Å². The molecule has 21 heavy (non-hydrogen) atoms. The number of hydrogen-bond acceptors (Lipinski definition) is 5. The molecular weight excluding hydrogens is 293 g/mol. The molecule has 0 fully saturated rings. The molecule has 1 unspecified atom stereocenters. The van der Waals surface area contributed by atoms with Gasteiger partial charge in [0.25, 0.3) is 0 Å². The van der Waals surface area contributed by atoms with E-state index in [2.05, 4.69) is 11.7 Å². The SMILES string of the molecule is C=C[P+](O)(NC)OCC(C)(C)COCC(C)(C)CC(=O)O. The lowest BCUT2D eigenvalue weighted by Crippen LogP contribution is -2.30. The van der Waals surface area contributed by atoms with Crippen LogP contribution in [0.15, 0.2) is 12.4 Å². The Morgan fingerprint density at radius 1 is 1.24 bits per heavy atom. The van der Waals surface area contributed by atoms with E-state index in [0.717, 1.165) is 0 Å². The normalized spacial score (nSPS) is 15.5. The molecule has 0 saturated heterocycles. The van der Waals surface area contributed by atoms with Crippen LogP contribution in [0.25, 0.3) is 0 Å². The molecule has 0 heterocycles. The van der Waals surface area contributed by atoms with Crippen LogP contribution in [-0.2, 0) is 14.1 Å². The molecule has 0 radical (unpaired) electrons. The fraction of sp³-hybridized carbons (Fsp3) is 0.786. The molecule has 7 heteroatoms. The molecule has 0 aliphatic rings. The Morgan fingerprint density at radius 3 is 2.19 bits per heavy atom. The largest absolute Gasteiger partial charge is 0.481 e. The summed E-state index contributed by atoms with van der Waals surface area (Å²) < 4.78 is 11.1. The van der Waals surface area contributed by atoms with Crippen molar-refractivity contribution < 1.29 is 24.1 Å². The molecule has 0 spiro atoms. The number of hydrogen-bond donors (Lipinski definition) is 3. The van der Waals surface area contributed by atoms with Gasteiger partial charge in [-0.25, -0.2) is 0 Å². The highest BCUT2D eigenvalue weighted by Crippen LogP contribution is 2.52. The predicted molar refractivity (Wildman–Crippen MR) is 85.0 cm³/mol. The molecule has 0 aliphatic heterocycles. The maximum atomic E-state index is 10.7. The molecule has 1 atom stereocenters. The average Bonchev–Trinajstić information content (AvgIpc) is 2.34. The van der Waals surface area contributed by atoms with Gasteiger partial charge in [-0.3, -0.25) is 4.79 Å². The second-order valence-electron chi connectivity index (χ2n) is 6.69. The highest BCUT2D eigenvalue weighted by Gasteiger charge is 2.36. The van der Waals surface area contributed by atoms with E-state index in [1.54, 1.807) is 7.05 Å². The van der Waals surface area contributed by atoms with Gasteiger partial charge in [-0.05, 0) is 5.41 Å². The second-order valence-corrected chi connectivity index (χ2v) is 9.01. The topological polar surface area (TPSA) is 88.0 Å². The van der Waals surface area contributed by atoms with E-state index in [0.29, 0.717) is 19.8 Å². The number of ether oxygens (including phenoxy) is 1. The van der Waals surface area contributed by atoms with Gasteiger partial charge in [-0.15, -0.1) is 5.09 Å². The lowest BCUT2D eigenvalue weighted by Gasteiger charge is -2.28. The van der Waals surface area contributed by atoms with Crippen molar-refractivity contribution in [2.75, 3.05) is 26.9 Å². The first-order chi connectivity index (χ1) is 9.45. The summed E-state index contributed by atoms with van der Waals surface area (Å²) in [5.41, 5.74) is -0.713. The standard InChI is InChI=1S/C14H28NO5P/c1-7-21(18,15-6)20-11-14(4,5)10-19-9-13(2,3)8-12(16)17/h7,15,18H,1,8-11H2,2-6H3/p+1. The third-order valence-electron chi connectivity index (χ3n) is 2.84. The first-order valence-electron chi connectivity index (χ1n) is 6.83. The van der Waals surface area contributed by atoms with Crippen molar-refractivity contribution in [1.82, 2.24) is 5.09 Å². The van der Waals surface area contributed by atoms with Crippen molar-refractivity contribution in [2.45, 2.75) is 34.1 Å². The molecule has 3 N–H and O–H groups in total. The van der Waals surface area contributed by atoms with Gasteiger partial charge < -0.3 is 9.84 Å². The third-order valence-corrected chi connectivity index (χ3v) is 4.49. The number of rotatable bonds is 11. The molecule has 6 nitrogen and oxygen atoms in total. The lowest BCUT2D eigenvalue weighted by atomic mass is 9.90. The minimum atomic E-state index is -2.73. The number of carbonyl (C=O) groups is 1. The monoisotopic (exact) mass is 322 g/mol. The van der Waals surface area contributed by atoms with Gasteiger partial charge in [0.05, 0.1) is 19.6 Å². The first kappa shape index (κ1) is 20.5. The van der Waals surface area contributed by atoms with E-state index in [-0.39, 0.29) is 11.8 Å². The minimum absolute atomic E-state index is 0.0609. The van der Waals surface area contributed by atoms with E-state index in [1.807, 2.05) is 27.7 Å². The number of carboxylic acids is 1. The van der Waals surface area contributed by atoms with Crippen LogP contribution in [-0.4, -0.2) is 42.8 Å². The molecule has 0 aliphatic carbocycles. The Labute approximate surface area is 128 Å². The summed E-state index contributed by atoms with van der Waals surface area (Å²) in [6.07, 6.45) is 0.0609. The Kier molecular flexibility index (Phi) is 8.00. The summed E-state index contributed by atoms with van der Waals surface area (Å²) in [6.45, 7) is 12.3. The molecule has 0 bridgehead atoms. The fourth-order valence-electron chi connectivity index (χ4n) is 1.59. The Hall–Kier alpha value is -0.520. The second kappa shape index (κ2) is 8.20. The zero-order chi connectivity index (χ0) is 16.7. The number of aliphatic carboxylic acids is 1. The van der Waals surface area contributed by atoms with Crippen molar-refractivity contribution in [3.05, 3.63) is 12.4 Å². The summed E-state index contributed by atoms with van der Waals surface area (Å²) in [5.74, 6) is 0.556. The number of nitrogens with one attached hydrogen (secondary N) is 1. The summed E-state index contributed by atoms with van der Waals surface area (Å²) >= 11 is 0. The molecule has 0 aromatic heterocycles. The maximum absolute atomic E-state index is 10.7. The van der Waals surface area contributed by atoms with E-state index < -0.39 is 19.3 Å². The Bertz CT molecular complexity index is 359.